The Morgan fingerprint density at radius 3 is 2.36 bits per heavy atom. The van der Waals surface area contributed by atoms with Gasteiger partial charge in [0.15, 0.2) is 0 Å². The number of pyridine rings is 2. The minimum atomic E-state index is -0.708. The number of aryl methyl sites for hydroxylation is 2. The normalized spacial score (nSPS) is 12.6. The third-order valence-corrected chi connectivity index (χ3v) is 5.49. The molecule has 2 nitrogen and oxygen atoms in total. The molecular weight excluding hydrogens is 288 g/mol. The summed E-state index contributed by atoms with van der Waals surface area (Å²) < 4.78 is 0. The van der Waals surface area contributed by atoms with Gasteiger partial charge in [-0.15, -0.1) is 0 Å². The summed E-state index contributed by atoms with van der Waals surface area (Å²) in [6, 6.07) is 13.0. The molecule has 0 amide bonds. The van der Waals surface area contributed by atoms with Gasteiger partial charge in [-0.25, -0.2) is 15.0 Å². The van der Waals surface area contributed by atoms with Crippen molar-refractivity contribution in [2.24, 2.45) is 0 Å². The molecule has 2 heterocycles. The van der Waals surface area contributed by atoms with Gasteiger partial charge in [-0.05, 0) is 72.9 Å². The standard InChI is InChI=1S/C19H22N2S/c1-13-10-14(2)19(20-12-13)18-8-6-15-11-16(22(3,4)5)7-9-17(15)21-18/h6-12H,1-5H3. The van der Waals surface area contributed by atoms with Crippen LogP contribution in [0.4, 0.5) is 0 Å². The number of nitrogens with zero attached hydrogens (tertiary/aromatic N) is 2. The molecule has 2 aromatic heterocycles. The molecule has 0 aliphatic heterocycles. The van der Waals surface area contributed by atoms with E-state index in [0.29, 0.717) is 0 Å². The first-order chi connectivity index (χ1) is 10.3. The van der Waals surface area contributed by atoms with E-state index < -0.39 is 10.0 Å². The van der Waals surface area contributed by atoms with Crippen molar-refractivity contribution >= 4 is 20.9 Å². The van der Waals surface area contributed by atoms with Crippen LogP contribution in [0.2, 0.25) is 0 Å². The molecule has 3 rings (SSSR count). The molecule has 0 saturated carbocycles. The van der Waals surface area contributed by atoms with E-state index in [1.165, 1.54) is 21.4 Å². The Kier molecular flexibility index (Phi) is 3.69. The molecule has 0 N–H and O–H groups in total. The van der Waals surface area contributed by atoms with Crippen molar-refractivity contribution < 1.29 is 0 Å². The van der Waals surface area contributed by atoms with E-state index in [4.69, 9.17) is 4.98 Å². The van der Waals surface area contributed by atoms with Crippen LogP contribution in [-0.2, 0) is 0 Å². The fourth-order valence-electron chi connectivity index (χ4n) is 2.60. The third-order valence-electron chi connectivity index (χ3n) is 3.83. The highest BCUT2D eigenvalue weighted by atomic mass is 32.3. The zero-order valence-electron chi connectivity index (χ0n) is 13.8. The maximum atomic E-state index is 4.81. The summed E-state index contributed by atoms with van der Waals surface area (Å²) in [7, 11) is -0.708. The summed E-state index contributed by atoms with van der Waals surface area (Å²) in [6.07, 6.45) is 8.85. The molecule has 3 heteroatoms. The van der Waals surface area contributed by atoms with Crippen molar-refractivity contribution in [3.8, 4) is 11.4 Å². The molecule has 0 spiro atoms. The van der Waals surface area contributed by atoms with Crippen molar-refractivity contribution in [1.82, 2.24) is 9.97 Å². The van der Waals surface area contributed by atoms with Crippen LogP contribution in [0.3, 0.4) is 0 Å². The van der Waals surface area contributed by atoms with Gasteiger partial charge >= 0.3 is 0 Å². The third kappa shape index (κ3) is 2.86. The molecular formula is C19H22N2S. The van der Waals surface area contributed by atoms with E-state index in [0.717, 1.165) is 16.9 Å². The van der Waals surface area contributed by atoms with Crippen LogP contribution in [0.25, 0.3) is 22.3 Å². The van der Waals surface area contributed by atoms with Gasteiger partial charge in [0.25, 0.3) is 0 Å². The fourth-order valence-corrected chi connectivity index (χ4v) is 3.56. The molecule has 3 aromatic rings. The summed E-state index contributed by atoms with van der Waals surface area (Å²) in [5, 5.41) is 1.20. The van der Waals surface area contributed by atoms with Crippen molar-refractivity contribution in [2.45, 2.75) is 18.7 Å². The van der Waals surface area contributed by atoms with Crippen molar-refractivity contribution in [3.05, 3.63) is 53.7 Å². The number of hydrogen-bond acceptors (Lipinski definition) is 2. The second-order valence-electron chi connectivity index (χ2n) is 6.57. The number of aromatic nitrogens is 2. The molecule has 0 radical (unpaired) electrons. The summed E-state index contributed by atoms with van der Waals surface area (Å²) >= 11 is 0. The largest absolute Gasteiger partial charge is 0.254 e. The van der Waals surface area contributed by atoms with Crippen LogP contribution < -0.4 is 0 Å². The van der Waals surface area contributed by atoms with Crippen LogP contribution in [0, 0.1) is 13.8 Å². The maximum Gasteiger partial charge on any atom is 0.0915 e. The minimum absolute atomic E-state index is 0.708. The lowest BCUT2D eigenvalue weighted by Crippen LogP contribution is -1.95. The van der Waals surface area contributed by atoms with Gasteiger partial charge in [-0.1, -0.05) is 12.1 Å². The van der Waals surface area contributed by atoms with Gasteiger partial charge in [0.05, 0.1) is 16.9 Å². The first kappa shape index (κ1) is 15.0. The van der Waals surface area contributed by atoms with E-state index in [-0.39, 0.29) is 0 Å². The lowest BCUT2D eigenvalue weighted by atomic mass is 10.1. The Hall–Kier alpha value is -1.87. The second kappa shape index (κ2) is 5.40. The number of hydrogen-bond donors (Lipinski definition) is 0. The predicted molar refractivity (Wildman–Crippen MR) is 98.1 cm³/mol. The van der Waals surface area contributed by atoms with Crippen LogP contribution in [-0.4, -0.2) is 28.7 Å². The summed E-state index contributed by atoms with van der Waals surface area (Å²) in [4.78, 5) is 10.8. The van der Waals surface area contributed by atoms with Crippen LogP contribution in [0.5, 0.6) is 0 Å². The Morgan fingerprint density at radius 1 is 0.909 bits per heavy atom. The molecule has 0 aliphatic carbocycles. The Labute approximate surface area is 133 Å². The molecule has 114 valence electrons. The van der Waals surface area contributed by atoms with E-state index in [1.807, 2.05) is 6.20 Å². The van der Waals surface area contributed by atoms with Crippen LogP contribution in [0.1, 0.15) is 11.1 Å². The maximum absolute atomic E-state index is 4.81. The molecule has 0 atom stereocenters. The molecule has 0 aliphatic rings. The fraction of sp³-hybridized carbons (Fsp3) is 0.263. The summed E-state index contributed by atoms with van der Waals surface area (Å²) in [5.41, 5.74) is 5.30. The first-order valence-electron chi connectivity index (χ1n) is 7.37. The number of rotatable bonds is 2. The zero-order chi connectivity index (χ0) is 15.9. The first-order valence-corrected chi connectivity index (χ1v) is 10.2. The van der Waals surface area contributed by atoms with Gasteiger partial charge in [0.2, 0.25) is 0 Å². The predicted octanol–water partition coefficient (Wildman–Crippen LogP) is 4.97. The van der Waals surface area contributed by atoms with E-state index >= 15 is 0 Å². The van der Waals surface area contributed by atoms with Gasteiger partial charge in [0.1, 0.15) is 0 Å². The van der Waals surface area contributed by atoms with Crippen LogP contribution >= 0.6 is 10.0 Å². The second-order valence-corrected chi connectivity index (χ2v) is 10.7. The molecule has 0 unspecified atom stereocenters. The van der Waals surface area contributed by atoms with Crippen molar-refractivity contribution in [2.75, 3.05) is 18.8 Å². The van der Waals surface area contributed by atoms with Gasteiger partial charge in [-0.2, -0.15) is 0 Å². The average Bonchev–Trinajstić information content (AvgIpc) is 2.45. The highest BCUT2D eigenvalue weighted by molar-refractivity contribution is 8.32. The van der Waals surface area contributed by atoms with E-state index in [1.54, 1.807) is 0 Å². The van der Waals surface area contributed by atoms with Crippen LogP contribution in [0.15, 0.2) is 47.5 Å². The average molecular weight is 310 g/mol. The summed E-state index contributed by atoms with van der Waals surface area (Å²) in [6.45, 7) is 4.15. The molecule has 0 saturated heterocycles. The summed E-state index contributed by atoms with van der Waals surface area (Å²) in [5.74, 6) is 0. The van der Waals surface area contributed by atoms with E-state index in [9.17, 15) is 0 Å². The SMILES string of the molecule is Cc1cnc(-c2ccc3cc(S(C)(C)C)ccc3n2)c(C)c1. The Balaban J connectivity index is 2.11. The zero-order valence-corrected chi connectivity index (χ0v) is 14.7. The Morgan fingerprint density at radius 2 is 1.68 bits per heavy atom. The Bertz CT molecular complexity index is 848. The quantitative estimate of drug-likeness (QED) is 0.668. The lowest BCUT2D eigenvalue weighted by molar-refractivity contribution is 1.20. The van der Waals surface area contributed by atoms with Gasteiger partial charge < -0.3 is 0 Å². The molecule has 0 fully saturated rings. The van der Waals surface area contributed by atoms with Gasteiger partial charge in [0, 0.05) is 11.6 Å². The van der Waals surface area contributed by atoms with Gasteiger partial charge in [-0.3, -0.25) is 4.98 Å². The van der Waals surface area contributed by atoms with E-state index in [2.05, 4.69) is 74.0 Å². The lowest BCUT2D eigenvalue weighted by Gasteiger charge is -2.25. The van der Waals surface area contributed by atoms with Crippen molar-refractivity contribution in [3.63, 3.8) is 0 Å². The smallest absolute Gasteiger partial charge is 0.0915 e. The minimum Gasteiger partial charge on any atom is -0.254 e. The monoisotopic (exact) mass is 310 g/mol. The topological polar surface area (TPSA) is 25.8 Å². The number of benzene rings is 1. The number of fused-ring (bicyclic) bond motifs is 1. The molecule has 1 aromatic carbocycles. The highest BCUT2D eigenvalue weighted by Crippen LogP contribution is 2.45. The highest BCUT2D eigenvalue weighted by Gasteiger charge is 2.10. The molecule has 22 heavy (non-hydrogen) atoms. The van der Waals surface area contributed by atoms with Crippen molar-refractivity contribution in [1.29, 1.82) is 0 Å². The molecule has 0 bridgehead atoms.